The number of ether oxygens (including phenoxy) is 1. The molecule has 24 heavy (non-hydrogen) atoms. The molecular weight excluding hydrogens is 306 g/mol. The molecule has 0 radical (unpaired) electrons. The van der Waals surface area contributed by atoms with E-state index >= 15 is 0 Å². The number of nitrogens with one attached hydrogen (secondary N) is 1. The number of rotatable bonds is 7. The molecule has 2 N–H and O–H groups in total. The zero-order chi connectivity index (χ0) is 17.4. The molecule has 2 aromatic rings. The Hall–Kier alpha value is -2.66. The van der Waals surface area contributed by atoms with E-state index in [9.17, 15) is 14.7 Å². The van der Waals surface area contributed by atoms with Gasteiger partial charge in [-0.15, -0.1) is 0 Å². The van der Waals surface area contributed by atoms with Crippen LogP contribution in [0.25, 0.3) is 0 Å². The zero-order valence-corrected chi connectivity index (χ0v) is 13.5. The van der Waals surface area contributed by atoms with Crippen LogP contribution in [0, 0.1) is 0 Å². The molecule has 0 saturated heterocycles. The van der Waals surface area contributed by atoms with Gasteiger partial charge in [-0.05, 0) is 18.1 Å². The van der Waals surface area contributed by atoms with E-state index in [0.29, 0.717) is 6.42 Å². The molecule has 0 aliphatic heterocycles. The van der Waals surface area contributed by atoms with Crippen molar-refractivity contribution in [1.82, 2.24) is 5.32 Å². The average molecular weight is 327 g/mol. The van der Waals surface area contributed by atoms with Crippen molar-refractivity contribution in [3.63, 3.8) is 0 Å². The number of carbonyl (C=O) groups is 2. The fraction of sp³-hybridized carbons (Fsp3) is 0.263. The second-order valence-electron chi connectivity index (χ2n) is 5.52. The van der Waals surface area contributed by atoms with Crippen LogP contribution >= 0.6 is 0 Å². The van der Waals surface area contributed by atoms with Crippen molar-refractivity contribution in [3.05, 3.63) is 71.8 Å². The molecule has 0 aliphatic rings. The maximum Gasteiger partial charge on any atom is 0.329 e. The van der Waals surface area contributed by atoms with Crippen LogP contribution in [0.1, 0.15) is 18.1 Å². The Morgan fingerprint density at radius 1 is 1.00 bits per heavy atom. The van der Waals surface area contributed by atoms with Gasteiger partial charge < -0.3 is 15.2 Å². The molecule has 0 aliphatic carbocycles. The summed E-state index contributed by atoms with van der Waals surface area (Å²) in [6, 6.07) is 17.8. The van der Waals surface area contributed by atoms with Crippen LogP contribution in [0.5, 0.6) is 0 Å². The minimum Gasteiger partial charge on any atom is -0.459 e. The van der Waals surface area contributed by atoms with Crippen molar-refractivity contribution in [3.8, 4) is 0 Å². The van der Waals surface area contributed by atoms with Crippen molar-refractivity contribution in [2.45, 2.75) is 32.1 Å². The monoisotopic (exact) mass is 327 g/mol. The van der Waals surface area contributed by atoms with Gasteiger partial charge in [-0.25, -0.2) is 4.79 Å². The van der Waals surface area contributed by atoms with Crippen molar-refractivity contribution in [2.75, 3.05) is 0 Å². The lowest BCUT2D eigenvalue weighted by Gasteiger charge is -2.19. The van der Waals surface area contributed by atoms with Crippen molar-refractivity contribution >= 4 is 11.9 Å². The summed E-state index contributed by atoms with van der Waals surface area (Å²) >= 11 is 0. The summed E-state index contributed by atoms with van der Waals surface area (Å²) in [5.74, 6) is -1.13. The second kappa shape index (κ2) is 8.84. The molecule has 126 valence electrons. The number of aliphatic hydroxyl groups excluding tert-OH is 1. The number of aliphatic hydroxyl groups is 1. The number of benzene rings is 2. The summed E-state index contributed by atoms with van der Waals surface area (Å²) < 4.78 is 5.31. The van der Waals surface area contributed by atoms with Crippen molar-refractivity contribution < 1.29 is 19.4 Å². The highest BCUT2D eigenvalue weighted by Crippen LogP contribution is 2.07. The second-order valence-corrected chi connectivity index (χ2v) is 5.52. The maximum atomic E-state index is 12.4. The van der Waals surface area contributed by atoms with Crippen LogP contribution in [-0.2, 0) is 27.4 Å². The highest BCUT2D eigenvalue weighted by Gasteiger charge is 2.24. The average Bonchev–Trinajstić information content (AvgIpc) is 2.60. The lowest BCUT2D eigenvalue weighted by molar-refractivity contribution is -0.150. The van der Waals surface area contributed by atoms with Gasteiger partial charge in [0.15, 0.2) is 0 Å². The largest absolute Gasteiger partial charge is 0.459 e. The minimum atomic E-state index is -1.19. The third-order valence-electron chi connectivity index (χ3n) is 3.49. The first-order valence-electron chi connectivity index (χ1n) is 7.79. The maximum absolute atomic E-state index is 12.4. The van der Waals surface area contributed by atoms with E-state index in [4.69, 9.17) is 4.74 Å². The van der Waals surface area contributed by atoms with Crippen LogP contribution in [0.3, 0.4) is 0 Å². The van der Waals surface area contributed by atoms with Crippen LogP contribution in [-0.4, -0.2) is 29.1 Å². The first-order chi connectivity index (χ1) is 11.6. The molecule has 2 rings (SSSR count). The lowest BCUT2D eigenvalue weighted by atomic mass is 10.1. The van der Waals surface area contributed by atoms with E-state index in [0.717, 1.165) is 11.1 Å². The Morgan fingerprint density at radius 2 is 1.54 bits per heavy atom. The van der Waals surface area contributed by atoms with E-state index in [1.54, 1.807) is 0 Å². The molecule has 0 heterocycles. The van der Waals surface area contributed by atoms with E-state index in [-0.39, 0.29) is 6.61 Å². The molecular formula is C19H21NO4. The van der Waals surface area contributed by atoms with Gasteiger partial charge in [0, 0.05) is 6.42 Å². The first kappa shape index (κ1) is 17.7. The van der Waals surface area contributed by atoms with E-state index in [1.165, 1.54) is 6.92 Å². The van der Waals surface area contributed by atoms with Crippen molar-refractivity contribution in [1.29, 1.82) is 0 Å². The normalized spacial score (nSPS) is 12.9. The summed E-state index contributed by atoms with van der Waals surface area (Å²) in [6.07, 6.45) is -0.891. The number of esters is 1. The van der Waals surface area contributed by atoms with Gasteiger partial charge >= 0.3 is 5.97 Å². The lowest BCUT2D eigenvalue weighted by Crippen LogP contribution is -2.46. The molecule has 0 saturated carbocycles. The van der Waals surface area contributed by atoms with Crippen LogP contribution in [0.4, 0.5) is 0 Å². The molecule has 1 amide bonds. The van der Waals surface area contributed by atoms with Gasteiger partial charge in [0.05, 0.1) is 0 Å². The predicted molar refractivity (Wildman–Crippen MR) is 90.0 cm³/mol. The highest BCUT2D eigenvalue weighted by atomic mass is 16.5. The quantitative estimate of drug-likeness (QED) is 0.761. The SMILES string of the molecule is C[C@H](O)C(=O)N[C@@H](Cc1ccccc1)C(=O)OCc1ccccc1. The van der Waals surface area contributed by atoms with Gasteiger partial charge in [0.1, 0.15) is 18.8 Å². The van der Waals surface area contributed by atoms with Gasteiger partial charge in [-0.3, -0.25) is 4.79 Å². The van der Waals surface area contributed by atoms with Crippen molar-refractivity contribution in [2.24, 2.45) is 0 Å². The number of hydrogen-bond acceptors (Lipinski definition) is 4. The third-order valence-corrected chi connectivity index (χ3v) is 3.49. The van der Waals surface area contributed by atoms with Gasteiger partial charge in [0.2, 0.25) is 5.91 Å². The Morgan fingerprint density at radius 3 is 2.08 bits per heavy atom. The number of carbonyl (C=O) groups excluding carboxylic acids is 2. The van der Waals surface area contributed by atoms with Crippen LogP contribution in [0.2, 0.25) is 0 Å². The summed E-state index contributed by atoms with van der Waals surface area (Å²) in [7, 11) is 0. The molecule has 5 heteroatoms. The fourth-order valence-corrected chi connectivity index (χ4v) is 2.16. The zero-order valence-electron chi connectivity index (χ0n) is 13.5. The molecule has 0 fully saturated rings. The Bertz CT molecular complexity index is 656. The minimum absolute atomic E-state index is 0.134. The van der Waals surface area contributed by atoms with E-state index in [2.05, 4.69) is 5.32 Å². The topological polar surface area (TPSA) is 75.6 Å². The summed E-state index contributed by atoms with van der Waals surface area (Å²) in [5, 5.41) is 11.9. The van der Waals surface area contributed by atoms with Crippen LogP contribution < -0.4 is 5.32 Å². The molecule has 5 nitrogen and oxygen atoms in total. The number of hydrogen-bond donors (Lipinski definition) is 2. The standard InChI is InChI=1S/C19H21NO4/c1-14(21)18(22)20-17(12-15-8-4-2-5-9-15)19(23)24-13-16-10-6-3-7-11-16/h2-11,14,17,21H,12-13H2,1H3,(H,20,22)/t14-,17-/m0/s1. The third kappa shape index (κ3) is 5.52. The summed E-state index contributed by atoms with van der Waals surface area (Å²) in [6.45, 7) is 1.49. The Balaban J connectivity index is 2.03. The Labute approximate surface area is 141 Å². The summed E-state index contributed by atoms with van der Waals surface area (Å²) in [4.78, 5) is 24.1. The van der Waals surface area contributed by atoms with Gasteiger partial charge in [0.25, 0.3) is 0 Å². The first-order valence-corrected chi connectivity index (χ1v) is 7.79. The number of amides is 1. The fourth-order valence-electron chi connectivity index (χ4n) is 2.16. The van der Waals surface area contributed by atoms with E-state index < -0.39 is 24.0 Å². The molecule has 2 atom stereocenters. The van der Waals surface area contributed by atoms with Gasteiger partial charge in [-0.2, -0.15) is 0 Å². The molecule has 0 aromatic heterocycles. The summed E-state index contributed by atoms with van der Waals surface area (Å²) in [5.41, 5.74) is 1.76. The smallest absolute Gasteiger partial charge is 0.329 e. The van der Waals surface area contributed by atoms with Crippen LogP contribution in [0.15, 0.2) is 60.7 Å². The van der Waals surface area contributed by atoms with Gasteiger partial charge in [-0.1, -0.05) is 60.7 Å². The highest BCUT2D eigenvalue weighted by molar-refractivity contribution is 5.86. The molecule has 2 aromatic carbocycles. The Kier molecular flexibility index (Phi) is 6.51. The molecule has 0 unspecified atom stereocenters. The molecule has 0 spiro atoms. The van der Waals surface area contributed by atoms with E-state index in [1.807, 2.05) is 60.7 Å². The predicted octanol–water partition coefficient (Wildman–Crippen LogP) is 1.84. The molecule has 0 bridgehead atoms.